The summed E-state index contributed by atoms with van der Waals surface area (Å²) in [4.78, 5) is 4.30. The van der Waals surface area contributed by atoms with Crippen molar-refractivity contribution in [1.82, 2.24) is 10.6 Å². The molecule has 0 aliphatic rings. The van der Waals surface area contributed by atoms with Gasteiger partial charge in [0.1, 0.15) is 6.61 Å². The van der Waals surface area contributed by atoms with Crippen LogP contribution < -0.4 is 10.6 Å². The maximum atomic E-state index is 11.9. The molecule has 0 aliphatic heterocycles. The zero-order chi connectivity index (χ0) is 17.8. The van der Waals surface area contributed by atoms with Crippen molar-refractivity contribution in [3.05, 3.63) is 34.9 Å². The highest BCUT2D eigenvalue weighted by molar-refractivity contribution is 14.0. The Balaban J connectivity index is 0.00000576. The molecule has 25 heavy (non-hydrogen) atoms. The Labute approximate surface area is 168 Å². The Hall–Kier alpha value is -0.740. The van der Waals surface area contributed by atoms with E-state index in [1.807, 2.05) is 31.2 Å². The number of benzene rings is 1. The van der Waals surface area contributed by atoms with E-state index in [4.69, 9.17) is 11.6 Å². The van der Waals surface area contributed by atoms with Crippen LogP contribution >= 0.6 is 35.6 Å². The summed E-state index contributed by atoms with van der Waals surface area (Å²) < 4.78 is 40.3. The van der Waals surface area contributed by atoms with Crippen molar-refractivity contribution in [2.75, 3.05) is 32.8 Å². The molecule has 1 aromatic carbocycles. The van der Waals surface area contributed by atoms with Gasteiger partial charge in [0.15, 0.2) is 5.96 Å². The minimum Gasteiger partial charge on any atom is -0.372 e. The van der Waals surface area contributed by atoms with Crippen LogP contribution in [0.3, 0.4) is 0 Å². The van der Waals surface area contributed by atoms with E-state index >= 15 is 0 Å². The van der Waals surface area contributed by atoms with Crippen molar-refractivity contribution >= 4 is 41.5 Å². The lowest BCUT2D eigenvalue weighted by atomic mass is 10.1. The number of nitrogens with one attached hydrogen (secondary N) is 2. The number of alkyl halides is 3. The number of aliphatic imine (C=N–C) groups is 1. The third kappa shape index (κ3) is 12.3. The molecule has 0 aromatic heterocycles. The van der Waals surface area contributed by atoms with Crippen LogP contribution in [-0.4, -0.2) is 45.0 Å². The summed E-state index contributed by atoms with van der Waals surface area (Å²) in [5.74, 6) is 0.625. The third-order valence-electron chi connectivity index (χ3n) is 2.97. The van der Waals surface area contributed by atoms with E-state index in [9.17, 15) is 13.2 Å². The van der Waals surface area contributed by atoms with Crippen LogP contribution in [0.15, 0.2) is 29.3 Å². The molecule has 2 N–H and O–H groups in total. The van der Waals surface area contributed by atoms with E-state index in [1.54, 1.807) is 0 Å². The van der Waals surface area contributed by atoms with Crippen molar-refractivity contribution in [1.29, 1.82) is 0 Å². The molecule has 0 unspecified atom stereocenters. The van der Waals surface area contributed by atoms with Gasteiger partial charge in [0, 0.05) is 31.3 Å². The number of hydrogen-bond acceptors (Lipinski definition) is 2. The van der Waals surface area contributed by atoms with Crippen molar-refractivity contribution in [3.63, 3.8) is 0 Å². The molecule has 4 nitrogen and oxygen atoms in total. The SMILES string of the molecule is CCNC(=NCCCOCC(F)(F)F)NCCc1ccccc1Cl.I. The van der Waals surface area contributed by atoms with Crippen LogP contribution in [0.1, 0.15) is 18.9 Å². The number of nitrogens with zero attached hydrogens (tertiary/aromatic N) is 1. The predicted molar refractivity (Wildman–Crippen MR) is 106 cm³/mol. The highest BCUT2D eigenvalue weighted by Crippen LogP contribution is 2.15. The minimum absolute atomic E-state index is 0. The number of ether oxygens (including phenoxy) is 1. The van der Waals surface area contributed by atoms with Gasteiger partial charge in [-0.2, -0.15) is 13.2 Å². The Morgan fingerprint density at radius 2 is 1.96 bits per heavy atom. The highest BCUT2D eigenvalue weighted by Gasteiger charge is 2.27. The van der Waals surface area contributed by atoms with Crippen LogP contribution in [0.5, 0.6) is 0 Å². The smallest absolute Gasteiger partial charge is 0.372 e. The van der Waals surface area contributed by atoms with Gasteiger partial charge in [0.05, 0.1) is 0 Å². The average molecular weight is 494 g/mol. The zero-order valence-corrected chi connectivity index (χ0v) is 17.1. The van der Waals surface area contributed by atoms with E-state index in [0.717, 1.165) is 17.0 Å². The molecule has 0 saturated heterocycles. The predicted octanol–water partition coefficient (Wildman–Crippen LogP) is 4.02. The molecule has 1 aromatic rings. The molecule has 0 spiro atoms. The molecular weight excluding hydrogens is 470 g/mol. The van der Waals surface area contributed by atoms with Crippen molar-refractivity contribution in [2.45, 2.75) is 25.9 Å². The normalized spacial score (nSPS) is 11.8. The van der Waals surface area contributed by atoms with Crippen molar-refractivity contribution in [2.24, 2.45) is 4.99 Å². The summed E-state index contributed by atoms with van der Waals surface area (Å²) in [6.07, 6.45) is -3.10. The van der Waals surface area contributed by atoms with Crippen LogP contribution in [0, 0.1) is 0 Å². The number of hydrogen-bond donors (Lipinski definition) is 2. The molecule has 0 radical (unpaired) electrons. The first-order chi connectivity index (χ1) is 11.4. The Morgan fingerprint density at radius 1 is 1.24 bits per heavy atom. The van der Waals surface area contributed by atoms with Gasteiger partial charge in [0.2, 0.25) is 0 Å². The van der Waals surface area contributed by atoms with Gasteiger partial charge in [0.25, 0.3) is 0 Å². The summed E-state index contributed by atoms with van der Waals surface area (Å²) in [6, 6.07) is 7.62. The summed E-state index contributed by atoms with van der Waals surface area (Å²) >= 11 is 6.10. The number of halogens is 5. The molecule has 0 saturated carbocycles. The topological polar surface area (TPSA) is 45.7 Å². The highest BCUT2D eigenvalue weighted by atomic mass is 127. The molecular formula is C16H24ClF3IN3O. The van der Waals surface area contributed by atoms with Crippen LogP contribution in [-0.2, 0) is 11.2 Å². The first kappa shape index (κ1) is 24.3. The molecule has 1 rings (SSSR count). The van der Waals surface area contributed by atoms with Gasteiger partial charge in [-0.3, -0.25) is 4.99 Å². The van der Waals surface area contributed by atoms with Crippen molar-refractivity contribution in [3.8, 4) is 0 Å². The van der Waals surface area contributed by atoms with Gasteiger partial charge in [-0.1, -0.05) is 29.8 Å². The fourth-order valence-electron chi connectivity index (χ4n) is 1.90. The quantitative estimate of drug-likeness (QED) is 0.236. The van der Waals surface area contributed by atoms with Gasteiger partial charge in [-0.25, -0.2) is 0 Å². The fourth-order valence-corrected chi connectivity index (χ4v) is 2.13. The monoisotopic (exact) mass is 493 g/mol. The van der Waals surface area contributed by atoms with Crippen LogP contribution in [0.4, 0.5) is 13.2 Å². The lowest BCUT2D eigenvalue weighted by Crippen LogP contribution is -2.38. The standard InChI is InChI=1S/C16H23ClF3N3O.HI/c1-2-21-15(22-9-5-11-24-12-16(18,19)20)23-10-8-13-6-3-4-7-14(13)17;/h3-4,6-7H,2,5,8-12H2,1H3,(H2,21,22,23);1H. The third-order valence-corrected chi connectivity index (χ3v) is 3.34. The van der Waals surface area contributed by atoms with Gasteiger partial charge in [-0.15, -0.1) is 24.0 Å². The fraction of sp³-hybridized carbons (Fsp3) is 0.562. The molecule has 0 heterocycles. The lowest BCUT2D eigenvalue weighted by Gasteiger charge is -2.12. The van der Waals surface area contributed by atoms with Gasteiger partial charge >= 0.3 is 6.18 Å². The molecule has 0 amide bonds. The number of guanidine groups is 1. The lowest BCUT2D eigenvalue weighted by molar-refractivity contribution is -0.173. The van der Waals surface area contributed by atoms with E-state index in [2.05, 4.69) is 20.4 Å². The Kier molecular flexibility index (Phi) is 13.1. The first-order valence-corrected chi connectivity index (χ1v) is 8.20. The maximum absolute atomic E-state index is 11.9. The van der Waals surface area contributed by atoms with E-state index in [1.165, 1.54) is 0 Å². The molecule has 0 fully saturated rings. The van der Waals surface area contributed by atoms with Gasteiger partial charge in [-0.05, 0) is 31.4 Å². The second-order valence-corrected chi connectivity index (χ2v) is 5.46. The minimum atomic E-state index is -4.28. The second kappa shape index (κ2) is 13.5. The molecule has 144 valence electrons. The molecule has 9 heteroatoms. The molecule has 0 bridgehead atoms. The first-order valence-electron chi connectivity index (χ1n) is 7.82. The average Bonchev–Trinajstić information content (AvgIpc) is 2.51. The summed E-state index contributed by atoms with van der Waals surface area (Å²) in [6.45, 7) is 2.49. The summed E-state index contributed by atoms with van der Waals surface area (Å²) in [5, 5.41) is 6.98. The van der Waals surface area contributed by atoms with Gasteiger partial charge < -0.3 is 15.4 Å². The van der Waals surface area contributed by atoms with Crippen LogP contribution in [0.25, 0.3) is 0 Å². The summed E-state index contributed by atoms with van der Waals surface area (Å²) in [5.41, 5.74) is 1.04. The Morgan fingerprint density at radius 3 is 2.60 bits per heavy atom. The maximum Gasteiger partial charge on any atom is 0.411 e. The van der Waals surface area contributed by atoms with Crippen molar-refractivity contribution < 1.29 is 17.9 Å². The molecule has 0 atom stereocenters. The van der Waals surface area contributed by atoms with E-state index in [-0.39, 0.29) is 30.6 Å². The van der Waals surface area contributed by atoms with E-state index < -0.39 is 12.8 Å². The number of rotatable bonds is 9. The molecule has 0 aliphatic carbocycles. The zero-order valence-electron chi connectivity index (χ0n) is 14.0. The van der Waals surface area contributed by atoms with E-state index in [0.29, 0.717) is 32.0 Å². The second-order valence-electron chi connectivity index (χ2n) is 5.05. The summed E-state index contributed by atoms with van der Waals surface area (Å²) in [7, 11) is 0. The largest absolute Gasteiger partial charge is 0.411 e. The Bertz CT molecular complexity index is 516. The van der Waals surface area contributed by atoms with Crippen LogP contribution in [0.2, 0.25) is 5.02 Å².